The molecule has 7 heteroatoms. The minimum Gasteiger partial charge on any atom is -0.494 e. The number of hydrogen-bond acceptors (Lipinski definition) is 4. The maximum Gasteiger partial charge on any atom is 0.240 e. The Morgan fingerprint density at radius 3 is 2.84 bits per heavy atom. The van der Waals surface area contributed by atoms with Gasteiger partial charge in [0.2, 0.25) is 11.8 Å². The third-order valence-corrected chi connectivity index (χ3v) is 5.06. The second-order valence-corrected chi connectivity index (χ2v) is 6.85. The van der Waals surface area contributed by atoms with Gasteiger partial charge in [0.1, 0.15) is 0 Å². The normalized spacial score (nSPS) is 26.5. The van der Waals surface area contributed by atoms with Crippen molar-refractivity contribution < 1.29 is 18.7 Å². The summed E-state index contributed by atoms with van der Waals surface area (Å²) in [4.78, 5) is 28.0. The van der Waals surface area contributed by atoms with Gasteiger partial charge in [0.15, 0.2) is 11.6 Å². The highest BCUT2D eigenvalue weighted by molar-refractivity contribution is 5.83. The molecule has 3 atom stereocenters. The van der Waals surface area contributed by atoms with Crippen molar-refractivity contribution >= 4 is 11.8 Å². The van der Waals surface area contributed by atoms with E-state index in [-0.39, 0.29) is 35.7 Å². The molecule has 3 rings (SSSR count). The van der Waals surface area contributed by atoms with E-state index in [1.54, 1.807) is 12.1 Å². The van der Waals surface area contributed by atoms with Crippen molar-refractivity contribution in [3.63, 3.8) is 0 Å². The number of ether oxygens (including phenoxy) is 1. The van der Waals surface area contributed by atoms with Gasteiger partial charge in [0, 0.05) is 38.6 Å². The lowest BCUT2D eigenvalue weighted by Crippen LogP contribution is -2.58. The topological polar surface area (TPSA) is 61.9 Å². The fourth-order valence-electron chi connectivity index (χ4n) is 3.82. The first kappa shape index (κ1) is 17.7. The number of hydrogen-bond donors (Lipinski definition) is 1. The fraction of sp³-hybridized carbons (Fsp3) is 0.556. The number of rotatable bonds is 4. The maximum atomic E-state index is 13.6. The standard InChI is InChI=1S/C18H24FN3O3/c1-11-18(24)22-9-14(20-12(2)23)7-15(22)10-21(11)8-13-4-5-16(19)17(6-13)25-3/h4-6,11,14-15H,7-10H2,1-3H3,(H,20,23)/t11-,14-,15-/m0/s1. The Bertz CT molecular complexity index is 682. The van der Waals surface area contributed by atoms with E-state index in [9.17, 15) is 14.0 Å². The van der Waals surface area contributed by atoms with Crippen molar-refractivity contribution in [2.24, 2.45) is 0 Å². The summed E-state index contributed by atoms with van der Waals surface area (Å²) >= 11 is 0. The third kappa shape index (κ3) is 3.61. The summed E-state index contributed by atoms with van der Waals surface area (Å²) in [5, 5.41) is 2.91. The van der Waals surface area contributed by atoms with E-state index in [4.69, 9.17) is 4.74 Å². The smallest absolute Gasteiger partial charge is 0.240 e. The van der Waals surface area contributed by atoms with Gasteiger partial charge in [-0.05, 0) is 31.0 Å². The van der Waals surface area contributed by atoms with E-state index in [0.29, 0.717) is 13.1 Å². The van der Waals surface area contributed by atoms with Crippen molar-refractivity contribution in [3.05, 3.63) is 29.6 Å². The first-order chi connectivity index (χ1) is 11.9. The third-order valence-electron chi connectivity index (χ3n) is 5.06. The molecule has 2 aliphatic rings. The molecule has 0 saturated carbocycles. The number of amides is 2. The highest BCUT2D eigenvalue weighted by Gasteiger charge is 2.43. The molecule has 0 unspecified atom stereocenters. The van der Waals surface area contributed by atoms with Crippen molar-refractivity contribution in [3.8, 4) is 5.75 Å². The monoisotopic (exact) mass is 349 g/mol. The van der Waals surface area contributed by atoms with Crippen molar-refractivity contribution in [2.45, 2.75) is 44.9 Å². The number of methoxy groups -OCH3 is 1. The molecule has 2 fully saturated rings. The molecule has 2 heterocycles. The molecule has 6 nitrogen and oxygen atoms in total. The predicted molar refractivity (Wildman–Crippen MR) is 90.5 cm³/mol. The molecule has 2 amide bonds. The van der Waals surface area contributed by atoms with Crippen LogP contribution in [-0.4, -0.2) is 59.9 Å². The van der Waals surface area contributed by atoms with Crippen molar-refractivity contribution in [2.75, 3.05) is 20.2 Å². The van der Waals surface area contributed by atoms with Crippen LogP contribution in [0.5, 0.6) is 5.75 Å². The average molecular weight is 349 g/mol. The maximum absolute atomic E-state index is 13.6. The van der Waals surface area contributed by atoms with E-state index in [1.807, 2.05) is 11.8 Å². The zero-order chi connectivity index (χ0) is 18.1. The van der Waals surface area contributed by atoms with Crippen LogP contribution in [0.25, 0.3) is 0 Å². The van der Waals surface area contributed by atoms with Crippen LogP contribution >= 0.6 is 0 Å². The quantitative estimate of drug-likeness (QED) is 0.886. The Balaban J connectivity index is 1.71. The van der Waals surface area contributed by atoms with Crippen LogP contribution in [0.2, 0.25) is 0 Å². The number of benzene rings is 1. The summed E-state index contributed by atoms with van der Waals surface area (Å²) in [6, 6.07) is 4.65. The van der Waals surface area contributed by atoms with E-state index >= 15 is 0 Å². The van der Waals surface area contributed by atoms with Gasteiger partial charge in [0.25, 0.3) is 0 Å². The zero-order valence-corrected chi connectivity index (χ0v) is 14.8. The molecule has 1 aromatic carbocycles. The number of carbonyl (C=O) groups is 2. The largest absolute Gasteiger partial charge is 0.494 e. The van der Waals surface area contributed by atoms with Gasteiger partial charge in [0.05, 0.1) is 13.2 Å². The first-order valence-electron chi connectivity index (χ1n) is 8.53. The summed E-state index contributed by atoms with van der Waals surface area (Å²) < 4.78 is 18.6. The second kappa shape index (κ2) is 7.00. The SMILES string of the molecule is COc1cc(CN2C[C@@H]3C[C@H](NC(C)=O)CN3C(=O)[C@@H]2C)ccc1F. The number of fused-ring (bicyclic) bond motifs is 1. The summed E-state index contributed by atoms with van der Waals surface area (Å²) in [5.74, 6) is -0.172. The molecule has 1 aromatic rings. The lowest BCUT2D eigenvalue weighted by Gasteiger charge is -2.41. The highest BCUT2D eigenvalue weighted by Crippen LogP contribution is 2.28. The first-order valence-corrected chi connectivity index (χ1v) is 8.53. The van der Waals surface area contributed by atoms with E-state index in [2.05, 4.69) is 10.2 Å². The Hall–Kier alpha value is -2.15. The summed E-state index contributed by atoms with van der Waals surface area (Å²) in [7, 11) is 1.44. The molecule has 25 heavy (non-hydrogen) atoms. The van der Waals surface area contributed by atoms with Gasteiger partial charge < -0.3 is 15.0 Å². The Labute approximate surface area is 146 Å². The van der Waals surface area contributed by atoms with Gasteiger partial charge in [-0.1, -0.05) is 6.07 Å². The molecule has 2 saturated heterocycles. The van der Waals surface area contributed by atoms with Crippen LogP contribution in [0.1, 0.15) is 25.8 Å². The average Bonchev–Trinajstić information content (AvgIpc) is 2.95. The Morgan fingerprint density at radius 1 is 1.40 bits per heavy atom. The highest BCUT2D eigenvalue weighted by atomic mass is 19.1. The molecule has 2 aliphatic heterocycles. The van der Waals surface area contributed by atoms with Crippen LogP contribution in [0.15, 0.2) is 18.2 Å². The molecular weight excluding hydrogens is 325 g/mol. The summed E-state index contributed by atoms with van der Waals surface area (Å²) in [6.07, 6.45) is 0.765. The fourth-order valence-corrected chi connectivity index (χ4v) is 3.82. The van der Waals surface area contributed by atoms with Crippen LogP contribution in [-0.2, 0) is 16.1 Å². The van der Waals surface area contributed by atoms with Crippen LogP contribution < -0.4 is 10.1 Å². The van der Waals surface area contributed by atoms with Crippen LogP contribution in [0.3, 0.4) is 0 Å². The Morgan fingerprint density at radius 2 is 2.16 bits per heavy atom. The molecule has 0 radical (unpaired) electrons. The number of carbonyl (C=O) groups excluding carboxylic acids is 2. The van der Waals surface area contributed by atoms with Crippen molar-refractivity contribution in [1.82, 2.24) is 15.1 Å². The second-order valence-electron chi connectivity index (χ2n) is 6.85. The predicted octanol–water partition coefficient (Wildman–Crippen LogP) is 1.14. The molecule has 0 aromatic heterocycles. The minimum absolute atomic E-state index is 0.0181. The molecule has 136 valence electrons. The van der Waals surface area contributed by atoms with Crippen LogP contribution in [0, 0.1) is 5.82 Å². The molecule has 0 bridgehead atoms. The number of piperazine rings is 1. The van der Waals surface area contributed by atoms with Gasteiger partial charge in [-0.2, -0.15) is 0 Å². The van der Waals surface area contributed by atoms with Gasteiger partial charge in [-0.15, -0.1) is 0 Å². The zero-order valence-electron chi connectivity index (χ0n) is 14.8. The van der Waals surface area contributed by atoms with Crippen LogP contribution in [0.4, 0.5) is 4.39 Å². The number of halogens is 1. The number of nitrogens with zero attached hydrogens (tertiary/aromatic N) is 2. The Kier molecular flexibility index (Phi) is 4.94. The van der Waals surface area contributed by atoms with Gasteiger partial charge >= 0.3 is 0 Å². The molecular formula is C18H24FN3O3. The summed E-state index contributed by atoms with van der Waals surface area (Å²) in [6.45, 7) is 5.26. The lowest BCUT2D eigenvalue weighted by atomic mass is 10.0. The van der Waals surface area contributed by atoms with E-state index in [0.717, 1.165) is 18.5 Å². The lowest BCUT2D eigenvalue weighted by molar-refractivity contribution is -0.143. The van der Waals surface area contributed by atoms with Gasteiger partial charge in [-0.3, -0.25) is 14.5 Å². The molecule has 0 aliphatic carbocycles. The minimum atomic E-state index is -0.394. The molecule has 0 spiro atoms. The van der Waals surface area contributed by atoms with Gasteiger partial charge in [-0.25, -0.2) is 4.39 Å². The van der Waals surface area contributed by atoms with E-state index < -0.39 is 5.82 Å². The van der Waals surface area contributed by atoms with Crippen molar-refractivity contribution in [1.29, 1.82) is 0 Å². The van der Waals surface area contributed by atoms with E-state index in [1.165, 1.54) is 20.1 Å². The molecule has 1 N–H and O–H groups in total. The summed E-state index contributed by atoms with van der Waals surface area (Å²) in [5.41, 5.74) is 0.905. The number of nitrogens with one attached hydrogen (secondary N) is 1.